The van der Waals surface area contributed by atoms with Crippen molar-refractivity contribution >= 4 is 17.8 Å². The molecule has 164 valence electrons. The molecule has 0 bridgehead atoms. The first kappa shape index (κ1) is 22.9. The zero-order chi connectivity index (χ0) is 22.2. The third kappa shape index (κ3) is 7.12. The van der Waals surface area contributed by atoms with Crippen molar-refractivity contribution in [2.24, 2.45) is 16.8 Å². The number of carbonyl (C=O) groups is 1. The fourth-order valence-electron chi connectivity index (χ4n) is 4.31. The third-order valence-corrected chi connectivity index (χ3v) is 5.90. The summed E-state index contributed by atoms with van der Waals surface area (Å²) in [4.78, 5) is 16.8. The first-order chi connectivity index (χ1) is 14.9. The lowest BCUT2D eigenvalue weighted by Crippen LogP contribution is -2.16. The molecule has 3 nitrogen and oxygen atoms in total. The van der Waals surface area contributed by atoms with Gasteiger partial charge in [-0.3, -0.25) is 9.79 Å². The Kier molecular flexibility index (Phi) is 8.10. The van der Waals surface area contributed by atoms with Crippen LogP contribution in [0, 0.1) is 17.7 Å². The summed E-state index contributed by atoms with van der Waals surface area (Å²) in [5, 5.41) is 2.85. The van der Waals surface area contributed by atoms with Crippen LogP contribution in [-0.2, 0) is 4.79 Å². The Bertz CT molecular complexity index is 925. The molecule has 2 atom stereocenters. The molecule has 0 radical (unpaired) electrons. The van der Waals surface area contributed by atoms with E-state index in [4.69, 9.17) is 0 Å². The maximum atomic E-state index is 14.2. The van der Waals surface area contributed by atoms with E-state index in [0.717, 1.165) is 43.3 Å². The summed E-state index contributed by atoms with van der Waals surface area (Å²) < 4.78 is 27.3. The Morgan fingerprint density at radius 1 is 1.13 bits per heavy atom. The van der Waals surface area contributed by atoms with Crippen LogP contribution in [0.1, 0.15) is 45.4 Å². The fourth-order valence-corrected chi connectivity index (χ4v) is 4.31. The zero-order valence-electron chi connectivity index (χ0n) is 18.0. The molecular formula is C26H30F2N2O. The van der Waals surface area contributed by atoms with Crippen LogP contribution in [0.15, 0.2) is 76.6 Å². The number of nitrogens with one attached hydrogen (secondary N) is 1. The minimum atomic E-state index is -0.324. The minimum absolute atomic E-state index is 0.0448. The molecule has 1 aliphatic carbocycles. The Hall–Kier alpha value is -2.82. The first-order valence-electron chi connectivity index (χ1n) is 10.9. The molecule has 1 N–H and O–H groups in total. The average molecular weight is 425 g/mol. The highest BCUT2D eigenvalue weighted by Crippen LogP contribution is 2.36. The van der Waals surface area contributed by atoms with Gasteiger partial charge >= 0.3 is 0 Å². The molecule has 0 saturated heterocycles. The maximum absolute atomic E-state index is 14.2. The van der Waals surface area contributed by atoms with E-state index in [9.17, 15) is 13.6 Å². The van der Waals surface area contributed by atoms with E-state index in [0.29, 0.717) is 30.1 Å². The molecule has 1 saturated carbocycles. The van der Waals surface area contributed by atoms with Crippen molar-refractivity contribution in [2.45, 2.75) is 45.4 Å². The highest BCUT2D eigenvalue weighted by atomic mass is 19.1. The van der Waals surface area contributed by atoms with Gasteiger partial charge in [0.05, 0.1) is 6.54 Å². The molecule has 0 aromatic heterocycles. The predicted octanol–water partition coefficient (Wildman–Crippen LogP) is 6.72. The molecule has 31 heavy (non-hydrogen) atoms. The summed E-state index contributed by atoms with van der Waals surface area (Å²) >= 11 is 0. The van der Waals surface area contributed by atoms with Crippen molar-refractivity contribution in [1.29, 1.82) is 0 Å². The summed E-state index contributed by atoms with van der Waals surface area (Å²) in [7, 11) is 0. The van der Waals surface area contributed by atoms with Crippen LogP contribution in [0.2, 0.25) is 0 Å². The van der Waals surface area contributed by atoms with Crippen molar-refractivity contribution in [3.8, 4) is 0 Å². The second kappa shape index (κ2) is 11.0. The van der Waals surface area contributed by atoms with Crippen LogP contribution in [-0.4, -0.2) is 18.7 Å². The lowest BCUT2D eigenvalue weighted by molar-refractivity contribution is -0.117. The molecule has 2 aliphatic rings. The number of hydrogen-bond acceptors (Lipinski definition) is 2. The smallest absolute Gasteiger partial charge is 0.224 e. The van der Waals surface area contributed by atoms with Gasteiger partial charge in [0.15, 0.2) is 0 Å². The lowest BCUT2D eigenvalue weighted by atomic mass is 9.86. The number of halogens is 2. The summed E-state index contributed by atoms with van der Waals surface area (Å²) in [5.74, 6) is -0.0932. The van der Waals surface area contributed by atoms with Crippen molar-refractivity contribution < 1.29 is 13.6 Å². The molecular weight excluding hydrogens is 394 g/mol. The van der Waals surface area contributed by atoms with Crippen molar-refractivity contribution in [3.05, 3.63) is 77.4 Å². The van der Waals surface area contributed by atoms with E-state index in [2.05, 4.69) is 16.9 Å². The number of anilines is 1. The number of allylic oxidation sites excluding steroid dienone is 6. The molecule has 2 unspecified atom stereocenters. The molecule has 1 fully saturated rings. The Labute approximate surface area is 183 Å². The van der Waals surface area contributed by atoms with Gasteiger partial charge in [0.2, 0.25) is 5.91 Å². The molecule has 1 aromatic rings. The third-order valence-electron chi connectivity index (χ3n) is 5.90. The number of benzene rings is 1. The number of rotatable bonds is 4. The van der Waals surface area contributed by atoms with E-state index in [-0.39, 0.29) is 23.5 Å². The Morgan fingerprint density at radius 2 is 1.90 bits per heavy atom. The van der Waals surface area contributed by atoms with Crippen molar-refractivity contribution in [3.63, 3.8) is 0 Å². The summed E-state index contributed by atoms with van der Waals surface area (Å²) in [6.07, 6.45) is 12.1. The van der Waals surface area contributed by atoms with Gasteiger partial charge in [-0.05, 0) is 104 Å². The van der Waals surface area contributed by atoms with Crippen LogP contribution < -0.4 is 5.32 Å². The lowest BCUT2D eigenvalue weighted by Gasteiger charge is -2.19. The SMILES string of the molecule is C=C1/C=C(F)\C=C(\C)C/N=C\C=C/1C1CCCC(CC(=O)Nc2ccc(F)cc2)CC1. The van der Waals surface area contributed by atoms with Gasteiger partial charge in [-0.15, -0.1) is 0 Å². The largest absolute Gasteiger partial charge is 0.326 e. The summed E-state index contributed by atoms with van der Waals surface area (Å²) in [6.45, 7) is 6.44. The number of hydrogen-bond donors (Lipinski definition) is 1. The molecule has 0 spiro atoms. The maximum Gasteiger partial charge on any atom is 0.224 e. The van der Waals surface area contributed by atoms with Crippen LogP contribution in [0.25, 0.3) is 0 Å². The number of amides is 1. The van der Waals surface area contributed by atoms with E-state index in [1.54, 1.807) is 18.3 Å². The topological polar surface area (TPSA) is 41.5 Å². The van der Waals surface area contributed by atoms with Crippen LogP contribution >= 0.6 is 0 Å². The Balaban J connectivity index is 1.60. The minimum Gasteiger partial charge on any atom is -0.326 e. The highest BCUT2D eigenvalue weighted by molar-refractivity contribution is 5.90. The standard InChI is InChI=1S/C26H30F2N2O/c1-18-14-23(28)15-19(2)25(12-13-29-17-18)21-5-3-4-20(6-7-21)16-26(31)30-24-10-8-22(27)9-11-24/h8-15,20-21H,2-7,16-17H2,1H3,(H,30,31)/b18-14-,23-15+,25-12+,29-13-. The van der Waals surface area contributed by atoms with Crippen molar-refractivity contribution in [2.75, 3.05) is 11.9 Å². The molecule has 1 aliphatic heterocycles. The van der Waals surface area contributed by atoms with E-state index in [1.165, 1.54) is 24.3 Å². The fraction of sp³-hybridized carbons (Fsp3) is 0.385. The van der Waals surface area contributed by atoms with Crippen LogP contribution in [0.4, 0.5) is 14.5 Å². The highest BCUT2D eigenvalue weighted by Gasteiger charge is 2.24. The van der Waals surface area contributed by atoms with E-state index < -0.39 is 0 Å². The van der Waals surface area contributed by atoms with Gasteiger partial charge in [0.25, 0.3) is 0 Å². The molecule has 1 amide bonds. The van der Waals surface area contributed by atoms with E-state index >= 15 is 0 Å². The summed E-state index contributed by atoms with van der Waals surface area (Å²) in [6, 6.07) is 5.81. The monoisotopic (exact) mass is 424 g/mol. The van der Waals surface area contributed by atoms with Gasteiger partial charge in [-0.1, -0.05) is 13.0 Å². The van der Waals surface area contributed by atoms with Gasteiger partial charge in [-0.25, -0.2) is 8.78 Å². The van der Waals surface area contributed by atoms with Gasteiger partial charge in [0.1, 0.15) is 11.6 Å². The number of nitrogens with zero attached hydrogens (tertiary/aromatic N) is 1. The van der Waals surface area contributed by atoms with Gasteiger partial charge in [0, 0.05) is 18.3 Å². The molecule has 3 rings (SSSR count). The first-order valence-corrected chi connectivity index (χ1v) is 10.9. The average Bonchev–Trinajstić information content (AvgIpc) is 2.94. The van der Waals surface area contributed by atoms with Crippen molar-refractivity contribution in [1.82, 2.24) is 0 Å². The summed E-state index contributed by atoms with van der Waals surface area (Å²) in [5.41, 5.74) is 3.19. The van der Waals surface area contributed by atoms with Gasteiger partial charge in [-0.2, -0.15) is 0 Å². The second-order valence-electron chi connectivity index (χ2n) is 8.49. The van der Waals surface area contributed by atoms with Crippen LogP contribution in [0.5, 0.6) is 0 Å². The molecule has 5 heteroatoms. The predicted molar refractivity (Wildman–Crippen MR) is 123 cm³/mol. The quantitative estimate of drug-likeness (QED) is 0.536. The van der Waals surface area contributed by atoms with Gasteiger partial charge < -0.3 is 5.32 Å². The van der Waals surface area contributed by atoms with Crippen LogP contribution in [0.3, 0.4) is 0 Å². The molecule has 1 heterocycles. The second-order valence-corrected chi connectivity index (χ2v) is 8.49. The zero-order valence-corrected chi connectivity index (χ0v) is 18.0. The molecule has 1 aromatic carbocycles. The normalized spacial score (nSPS) is 28.7. The van der Waals surface area contributed by atoms with E-state index in [1.807, 2.05) is 13.0 Å². The number of aliphatic imine (C=N–C) groups is 1. The Morgan fingerprint density at radius 3 is 2.68 bits per heavy atom. The number of carbonyl (C=O) groups excluding carboxylic acids is 1.